The van der Waals surface area contributed by atoms with Crippen molar-refractivity contribution in [3.8, 4) is 6.07 Å². The van der Waals surface area contributed by atoms with Crippen LogP contribution >= 0.6 is 30.8 Å². The van der Waals surface area contributed by atoms with E-state index in [2.05, 4.69) is 0 Å². The van der Waals surface area contributed by atoms with E-state index < -0.39 is 36.9 Å². The van der Waals surface area contributed by atoms with Gasteiger partial charge in [-0.3, -0.25) is 4.57 Å². The van der Waals surface area contributed by atoms with Crippen LogP contribution in [0.3, 0.4) is 0 Å². The summed E-state index contributed by atoms with van der Waals surface area (Å²) in [6, 6.07) is 1.48. The highest BCUT2D eigenvalue weighted by atomic mass is 35.5. The van der Waals surface area contributed by atoms with E-state index in [1.807, 2.05) is 0 Å². The van der Waals surface area contributed by atoms with Crippen LogP contribution in [0.2, 0.25) is 0 Å². The average molecular weight is 308 g/mol. The molecule has 1 atom stereocenters. The van der Waals surface area contributed by atoms with E-state index in [4.69, 9.17) is 37.5 Å². The molecule has 0 fully saturated rings. The minimum absolute atomic E-state index is 0.0435. The van der Waals surface area contributed by atoms with Crippen molar-refractivity contribution in [3.05, 3.63) is 9.81 Å². The van der Waals surface area contributed by atoms with Crippen LogP contribution in [0.15, 0.2) is 9.81 Å². The molecule has 9 heteroatoms. The van der Waals surface area contributed by atoms with Crippen molar-refractivity contribution in [3.63, 3.8) is 0 Å². The molecule has 0 saturated heterocycles. The van der Waals surface area contributed by atoms with Gasteiger partial charge < -0.3 is 9.05 Å². The molecule has 0 saturated carbocycles. The summed E-state index contributed by atoms with van der Waals surface area (Å²) in [6.07, 6.45) is -3.23. The van der Waals surface area contributed by atoms with Gasteiger partial charge in [0.15, 0.2) is 5.31 Å². The fourth-order valence-corrected chi connectivity index (χ4v) is 2.86. The quantitative estimate of drug-likeness (QED) is 0.525. The summed E-state index contributed by atoms with van der Waals surface area (Å²) in [7, 11) is -4.02. The van der Waals surface area contributed by atoms with Gasteiger partial charge in [0.1, 0.15) is 10.6 Å². The number of alkyl halides is 2. The predicted octanol–water partition coefficient (Wildman–Crippen LogP) is 4.06. The summed E-state index contributed by atoms with van der Waals surface area (Å²) in [5.74, 6) is 0. The third-order valence-corrected chi connectivity index (χ3v) is 4.09. The van der Waals surface area contributed by atoms with Crippen molar-refractivity contribution in [2.45, 2.75) is 19.8 Å². The van der Waals surface area contributed by atoms with Gasteiger partial charge in [-0.05, 0) is 6.92 Å². The second kappa shape index (κ2) is 8.02. The van der Waals surface area contributed by atoms with Crippen molar-refractivity contribution in [1.29, 1.82) is 5.26 Å². The van der Waals surface area contributed by atoms with Crippen LogP contribution < -0.4 is 0 Å². The second-order valence-corrected chi connectivity index (χ2v) is 5.56. The Labute approximate surface area is 108 Å². The van der Waals surface area contributed by atoms with Crippen LogP contribution in [-0.2, 0) is 13.6 Å². The second-order valence-electron chi connectivity index (χ2n) is 2.65. The molecule has 1 unspecified atom stereocenters. The average Bonchev–Trinajstić information content (AvgIpc) is 2.17. The fourth-order valence-electron chi connectivity index (χ4n) is 0.805. The highest BCUT2D eigenvalue weighted by molar-refractivity contribution is 7.59. The van der Waals surface area contributed by atoms with E-state index >= 15 is 0 Å². The van der Waals surface area contributed by atoms with E-state index in [0.717, 1.165) is 0 Å². The largest absolute Gasteiger partial charge is 0.374 e. The third-order valence-electron chi connectivity index (χ3n) is 1.46. The zero-order chi connectivity index (χ0) is 13.5. The van der Waals surface area contributed by atoms with Crippen molar-refractivity contribution >= 4 is 30.8 Å². The molecule has 0 bridgehead atoms. The first kappa shape index (κ1) is 16.8. The van der Waals surface area contributed by atoms with Gasteiger partial charge in [0.2, 0.25) is 6.43 Å². The molecule has 0 heterocycles. The summed E-state index contributed by atoms with van der Waals surface area (Å²) in [4.78, 5) is 0. The Morgan fingerprint density at radius 3 is 2.41 bits per heavy atom. The molecule has 17 heavy (non-hydrogen) atoms. The number of nitriles is 1. The molecule has 0 aliphatic carbocycles. The molecule has 0 spiro atoms. The number of rotatable bonds is 7. The number of halogens is 4. The Balaban J connectivity index is 4.87. The third kappa shape index (κ3) is 5.80. The Kier molecular flexibility index (Phi) is 7.93. The zero-order valence-electron chi connectivity index (χ0n) is 8.83. The Morgan fingerprint density at radius 2 is 2.06 bits per heavy atom. The van der Waals surface area contributed by atoms with Crippen LogP contribution in [0.4, 0.5) is 8.78 Å². The van der Waals surface area contributed by atoms with Gasteiger partial charge in [-0.2, -0.15) is 5.26 Å². The molecule has 0 aliphatic heterocycles. The van der Waals surface area contributed by atoms with Gasteiger partial charge in [-0.25, -0.2) is 8.78 Å². The molecule has 0 aromatic rings. The molecule has 4 nitrogen and oxygen atoms in total. The SMILES string of the molecule is CCOP(=O)(OCCC(F)F)C(C#N)=C(Cl)Cl. The van der Waals surface area contributed by atoms with Gasteiger partial charge in [0, 0.05) is 6.42 Å². The highest BCUT2D eigenvalue weighted by Gasteiger charge is 2.33. The van der Waals surface area contributed by atoms with Gasteiger partial charge in [-0.1, -0.05) is 23.2 Å². The molecule has 98 valence electrons. The summed E-state index contributed by atoms with van der Waals surface area (Å²) in [5, 5.41) is 8.12. The van der Waals surface area contributed by atoms with Gasteiger partial charge in [0.25, 0.3) is 0 Å². The van der Waals surface area contributed by atoms with E-state index in [0.29, 0.717) is 0 Å². The minimum Gasteiger partial charge on any atom is -0.305 e. The lowest BCUT2D eigenvalue weighted by Crippen LogP contribution is -2.03. The normalized spacial score (nSPS) is 14.2. The van der Waals surface area contributed by atoms with Crippen LogP contribution in [-0.4, -0.2) is 19.6 Å². The fraction of sp³-hybridized carbons (Fsp3) is 0.625. The summed E-state index contributed by atoms with van der Waals surface area (Å²) in [6.45, 7) is 0.930. The minimum atomic E-state index is -4.02. The van der Waals surface area contributed by atoms with Crippen molar-refractivity contribution in [1.82, 2.24) is 0 Å². The summed E-state index contributed by atoms with van der Waals surface area (Å²) >= 11 is 10.7. The number of allylic oxidation sites excluding steroid dienone is 1. The van der Waals surface area contributed by atoms with E-state index in [1.54, 1.807) is 0 Å². The van der Waals surface area contributed by atoms with Gasteiger partial charge in [0.05, 0.1) is 13.2 Å². The molecule has 0 aromatic heterocycles. The molecular formula is C8H10Cl2F2NO3P. The van der Waals surface area contributed by atoms with Gasteiger partial charge in [-0.15, -0.1) is 0 Å². The van der Waals surface area contributed by atoms with E-state index in [9.17, 15) is 13.3 Å². The van der Waals surface area contributed by atoms with E-state index in [1.165, 1.54) is 13.0 Å². The lowest BCUT2D eigenvalue weighted by molar-refractivity contribution is 0.108. The summed E-state index contributed by atoms with van der Waals surface area (Å²) in [5.41, 5.74) is 0. The van der Waals surface area contributed by atoms with Crippen LogP contribution in [0.5, 0.6) is 0 Å². The highest BCUT2D eigenvalue weighted by Crippen LogP contribution is 2.57. The topological polar surface area (TPSA) is 59.3 Å². The van der Waals surface area contributed by atoms with Crippen molar-refractivity contribution < 1.29 is 22.4 Å². The molecule has 0 radical (unpaired) electrons. The molecule has 0 amide bonds. The van der Waals surface area contributed by atoms with E-state index in [-0.39, 0.29) is 6.61 Å². The standard InChI is InChI=1S/C8H10Cl2F2NO3P/c1-2-15-17(14,6(5-13)8(9)10)16-4-3-7(11)12/h7H,2-4H2,1H3. The first-order valence-electron chi connectivity index (χ1n) is 4.50. The molecule has 0 aromatic carbocycles. The van der Waals surface area contributed by atoms with Gasteiger partial charge >= 0.3 is 7.60 Å². The Hall–Kier alpha value is -0.180. The first-order valence-corrected chi connectivity index (χ1v) is 6.80. The molecule has 0 rings (SSSR count). The maximum Gasteiger partial charge on any atom is 0.374 e. The van der Waals surface area contributed by atoms with Crippen LogP contribution in [0, 0.1) is 11.3 Å². The Bertz CT molecular complexity index is 366. The Morgan fingerprint density at radius 1 is 1.47 bits per heavy atom. The van der Waals surface area contributed by atoms with Crippen molar-refractivity contribution in [2.75, 3.05) is 13.2 Å². The molecule has 0 aliphatic rings. The lowest BCUT2D eigenvalue weighted by atomic mass is 10.5. The lowest BCUT2D eigenvalue weighted by Gasteiger charge is -2.16. The number of hydrogen-bond acceptors (Lipinski definition) is 4. The predicted molar refractivity (Wildman–Crippen MR) is 60.2 cm³/mol. The summed E-state index contributed by atoms with van der Waals surface area (Å²) < 4.78 is 44.7. The zero-order valence-corrected chi connectivity index (χ0v) is 11.2. The number of hydrogen-bond donors (Lipinski definition) is 0. The smallest absolute Gasteiger partial charge is 0.305 e. The maximum absolute atomic E-state index is 12.0. The molecular weight excluding hydrogens is 298 g/mol. The maximum atomic E-state index is 12.0. The first-order chi connectivity index (χ1) is 7.87. The monoisotopic (exact) mass is 307 g/mol. The van der Waals surface area contributed by atoms with Crippen LogP contribution in [0.25, 0.3) is 0 Å². The van der Waals surface area contributed by atoms with Crippen LogP contribution in [0.1, 0.15) is 13.3 Å². The number of nitrogens with zero attached hydrogens (tertiary/aromatic N) is 1. The van der Waals surface area contributed by atoms with Crippen molar-refractivity contribution in [2.24, 2.45) is 0 Å². The molecule has 0 N–H and O–H groups in total.